The average Bonchev–Trinajstić information content (AvgIpc) is 2.82. The number of likely N-dealkylation sites (N-methyl/N-ethyl adjacent to an activating group) is 1. The first-order valence-electron chi connectivity index (χ1n) is 12.3. The molecule has 1 aromatic carbocycles. The number of anilines is 1. The number of primary amides is 1. The number of benzene rings is 1. The first kappa shape index (κ1) is 25.2. The molecule has 0 spiro atoms. The molecule has 0 bridgehead atoms. The van der Waals surface area contributed by atoms with Gasteiger partial charge in [-0.2, -0.15) is 0 Å². The number of fused-ring (bicyclic) bond motifs is 3. The summed E-state index contributed by atoms with van der Waals surface area (Å²) in [5.74, 6) is -6.67. The van der Waals surface area contributed by atoms with E-state index in [2.05, 4.69) is 4.90 Å². The lowest BCUT2D eigenvalue weighted by molar-refractivity contribution is -0.153. The lowest BCUT2D eigenvalue weighted by Crippen LogP contribution is -2.65. The number of aliphatic hydroxyl groups is 4. The number of carbonyl (C=O) groups is 3. The first-order chi connectivity index (χ1) is 17.4. The third kappa shape index (κ3) is 3.48. The number of nitrogens with zero attached hydrogens (tertiary/aromatic N) is 2. The van der Waals surface area contributed by atoms with Gasteiger partial charge in [-0.25, -0.2) is 0 Å². The highest BCUT2D eigenvalue weighted by atomic mass is 16.3. The fourth-order valence-electron chi connectivity index (χ4n) is 6.63. The molecular formula is C26H31N3O8. The van der Waals surface area contributed by atoms with E-state index in [0.29, 0.717) is 31.5 Å². The van der Waals surface area contributed by atoms with Crippen LogP contribution in [0, 0.1) is 11.8 Å². The predicted octanol–water partition coefficient (Wildman–Crippen LogP) is -0.0749. The van der Waals surface area contributed by atoms with E-state index in [9.17, 15) is 39.9 Å². The zero-order valence-corrected chi connectivity index (χ0v) is 20.6. The molecule has 37 heavy (non-hydrogen) atoms. The fraction of sp³-hybridized carbons (Fsp3) is 0.500. The van der Waals surface area contributed by atoms with Crippen molar-refractivity contribution in [2.24, 2.45) is 17.6 Å². The van der Waals surface area contributed by atoms with E-state index in [4.69, 9.17) is 5.73 Å². The van der Waals surface area contributed by atoms with Gasteiger partial charge < -0.3 is 36.2 Å². The Kier molecular flexibility index (Phi) is 5.85. The van der Waals surface area contributed by atoms with E-state index in [1.807, 2.05) is 0 Å². The fourth-order valence-corrected chi connectivity index (χ4v) is 6.63. The molecule has 1 amide bonds. The minimum atomic E-state index is -2.65. The molecule has 5 rings (SSSR count). The summed E-state index contributed by atoms with van der Waals surface area (Å²) in [4.78, 5) is 42.6. The van der Waals surface area contributed by atoms with Crippen LogP contribution in [0.3, 0.4) is 0 Å². The zero-order chi connectivity index (χ0) is 27.0. The van der Waals surface area contributed by atoms with Gasteiger partial charge >= 0.3 is 0 Å². The highest BCUT2D eigenvalue weighted by molar-refractivity contribution is 6.24. The monoisotopic (exact) mass is 513 g/mol. The number of carbonyl (C=O) groups excluding carboxylic acids is 3. The van der Waals surface area contributed by atoms with Crippen molar-refractivity contribution in [1.82, 2.24) is 4.90 Å². The highest BCUT2D eigenvalue weighted by Gasteiger charge is 2.64. The van der Waals surface area contributed by atoms with Crippen molar-refractivity contribution in [1.29, 1.82) is 0 Å². The lowest BCUT2D eigenvalue weighted by atomic mass is 9.57. The molecule has 0 radical (unpaired) electrons. The van der Waals surface area contributed by atoms with Crippen molar-refractivity contribution in [3.05, 3.63) is 40.2 Å². The second kappa shape index (κ2) is 8.57. The van der Waals surface area contributed by atoms with Crippen LogP contribution in [0.25, 0.3) is 5.76 Å². The van der Waals surface area contributed by atoms with E-state index < -0.39 is 64.1 Å². The minimum absolute atomic E-state index is 0.0412. The standard InChI is InChI=1S/C26H31N3O8/c1-28(2)20-14-10-11-9-13-15(29-7-5-12(30)6-8-29)3-4-16(31)18(13)21(32)17(11)23(34)26(14,37)24(35)19(22(20)33)25(27)36/h3-4,11-12,14,20,30-32,35,37H,5-10H2,1-2H3,(H2,27,36). The molecule has 11 heteroatoms. The second-order valence-corrected chi connectivity index (χ2v) is 10.6. The van der Waals surface area contributed by atoms with Crippen LogP contribution in [0.5, 0.6) is 5.75 Å². The number of ketones is 2. The number of phenolic OH excluding ortho intramolecular Hbond substituents is 1. The molecule has 4 aliphatic rings. The SMILES string of the molecule is CN(C)C1C(=O)C(C(N)=O)=C(O)C2(O)C(=O)C3=C(O)c4c(O)ccc(N5CCC(O)CC5)c4CC3CC12. The van der Waals surface area contributed by atoms with E-state index >= 15 is 0 Å². The van der Waals surface area contributed by atoms with Crippen LogP contribution in [0.15, 0.2) is 29.0 Å². The third-order valence-corrected chi connectivity index (χ3v) is 8.38. The number of nitrogens with two attached hydrogens (primary N) is 1. The van der Waals surface area contributed by atoms with Gasteiger partial charge in [0, 0.05) is 30.3 Å². The molecular weight excluding hydrogens is 482 g/mol. The molecule has 1 saturated carbocycles. The molecule has 4 unspecified atom stereocenters. The number of aliphatic hydroxyl groups excluding tert-OH is 3. The second-order valence-electron chi connectivity index (χ2n) is 10.6. The largest absolute Gasteiger partial charge is 0.508 e. The van der Waals surface area contributed by atoms with Crippen molar-refractivity contribution >= 4 is 28.9 Å². The number of hydrogen-bond donors (Lipinski definition) is 6. The first-order valence-corrected chi connectivity index (χ1v) is 12.3. The summed E-state index contributed by atoms with van der Waals surface area (Å²) >= 11 is 0. The number of rotatable bonds is 3. The highest BCUT2D eigenvalue weighted by Crippen LogP contribution is 2.53. The summed E-state index contributed by atoms with van der Waals surface area (Å²) in [7, 11) is 3.13. The van der Waals surface area contributed by atoms with Crippen LogP contribution in [-0.4, -0.2) is 92.8 Å². The number of phenols is 1. The number of hydrogen-bond acceptors (Lipinski definition) is 10. The van der Waals surface area contributed by atoms with E-state index in [-0.39, 0.29) is 29.7 Å². The Morgan fingerprint density at radius 2 is 1.78 bits per heavy atom. The van der Waals surface area contributed by atoms with E-state index in [1.54, 1.807) is 20.2 Å². The summed E-state index contributed by atoms with van der Waals surface area (Å²) in [5, 5.41) is 54.5. The lowest BCUT2D eigenvalue weighted by Gasteiger charge is -2.50. The van der Waals surface area contributed by atoms with Gasteiger partial charge in [-0.3, -0.25) is 19.3 Å². The zero-order valence-electron chi connectivity index (χ0n) is 20.6. The molecule has 3 aliphatic carbocycles. The third-order valence-electron chi connectivity index (χ3n) is 8.38. The van der Waals surface area contributed by atoms with Gasteiger partial charge in [0.1, 0.15) is 22.8 Å². The van der Waals surface area contributed by atoms with Crippen molar-refractivity contribution in [2.75, 3.05) is 32.1 Å². The van der Waals surface area contributed by atoms with Gasteiger partial charge in [0.05, 0.1) is 17.7 Å². The maximum Gasteiger partial charge on any atom is 0.255 e. The number of amides is 1. The molecule has 198 valence electrons. The molecule has 0 aromatic heterocycles. The molecule has 1 aromatic rings. The summed E-state index contributed by atoms with van der Waals surface area (Å²) in [6, 6.07) is 2.04. The van der Waals surface area contributed by atoms with Crippen LogP contribution in [-0.2, 0) is 20.8 Å². The van der Waals surface area contributed by atoms with E-state index in [1.165, 1.54) is 11.0 Å². The molecule has 7 N–H and O–H groups in total. The summed E-state index contributed by atoms with van der Waals surface area (Å²) < 4.78 is 0. The number of Topliss-reactive ketones (excluding diaryl/α,β-unsaturated/α-hetero) is 2. The van der Waals surface area contributed by atoms with Gasteiger partial charge in [-0.15, -0.1) is 0 Å². The number of aromatic hydroxyl groups is 1. The normalized spacial score (nSPS) is 30.4. The van der Waals surface area contributed by atoms with Crippen molar-refractivity contribution in [3.8, 4) is 5.75 Å². The van der Waals surface area contributed by atoms with Crippen LogP contribution in [0.4, 0.5) is 5.69 Å². The molecule has 1 aliphatic heterocycles. The maximum absolute atomic E-state index is 13.9. The van der Waals surface area contributed by atoms with Gasteiger partial charge in [0.15, 0.2) is 11.4 Å². The van der Waals surface area contributed by atoms with Crippen LogP contribution >= 0.6 is 0 Å². The summed E-state index contributed by atoms with van der Waals surface area (Å²) in [6.45, 7) is 1.15. The van der Waals surface area contributed by atoms with Crippen molar-refractivity contribution in [2.45, 2.75) is 43.4 Å². The topological polar surface area (TPSA) is 185 Å². The molecule has 4 atom stereocenters. The predicted molar refractivity (Wildman–Crippen MR) is 132 cm³/mol. The Morgan fingerprint density at radius 3 is 2.38 bits per heavy atom. The van der Waals surface area contributed by atoms with Gasteiger partial charge in [-0.1, -0.05) is 0 Å². The minimum Gasteiger partial charge on any atom is -0.508 e. The Morgan fingerprint density at radius 1 is 1.14 bits per heavy atom. The molecule has 2 fully saturated rings. The molecule has 1 saturated heterocycles. The molecule has 1 heterocycles. The van der Waals surface area contributed by atoms with E-state index in [0.717, 1.165) is 5.69 Å². The Balaban J connectivity index is 1.68. The summed E-state index contributed by atoms with van der Waals surface area (Å²) in [5.41, 5.74) is 3.14. The Labute approximate surface area is 213 Å². The Bertz CT molecular complexity index is 1280. The van der Waals surface area contributed by atoms with Crippen molar-refractivity contribution < 1.29 is 39.9 Å². The smallest absolute Gasteiger partial charge is 0.255 e. The average molecular weight is 514 g/mol. The quantitative estimate of drug-likeness (QED) is 0.299. The van der Waals surface area contributed by atoms with Gasteiger partial charge in [0.2, 0.25) is 5.78 Å². The van der Waals surface area contributed by atoms with Crippen LogP contribution in [0.1, 0.15) is 30.4 Å². The Hall–Kier alpha value is -3.41. The number of piperidine rings is 1. The van der Waals surface area contributed by atoms with Gasteiger partial charge in [0.25, 0.3) is 5.91 Å². The van der Waals surface area contributed by atoms with Crippen LogP contribution < -0.4 is 10.6 Å². The summed E-state index contributed by atoms with van der Waals surface area (Å²) in [6.07, 6.45) is 1.02. The van der Waals surface area contributed by atoms with Crippen LogP contribution in [0.2, 0.25) is 0 Å². The van der Waals surface area contributed by atoms with Crippen molar-refractivity contribution in [3.63, 3.8) is 0 Å². The molecule has 11 nitrogen and oxygen atoms in total. The van der Waals surface area contributed by atoms with Gasteiger partial charge in [-0.05, 0) is 63.4 Å². The maximum atomic E-state index is 13.9.